The van der Waals surface area contributed by atoms with E-state index in [-0.39, 0.29) is 11.9 Å². The fraction of sp³-hybridized carbons (Fsp3) is 0.250. The van der Waals surface area contributed by atoms with Crippen LogP contribution in [0.4, 0.5) is 21.8 Å². The molecule has 5 nitrogen and oxygen atoms in total. The highest BCUT2D eigenvalue weighted by Gasteiger charge is 2.10. The predicted molar refractivity (Wildman–Crippen MR) is 103 cm³/mol. The smallest absolute Gasteiger partial charge is 0.225 e. The highest BCUT2D eigenvalue weighted by atomic mass is 19.1. The Hall–Kier alpha value is -3.02. The molecular weight excluding hydrogens is 329 g/mol. The Morgan fingerprint density at radius 1 is 1.15 bits per heavy atom. The molecule has 3 aromatic rings. The molecule has 0 aliphatic rings. The summed E-state index contributed by atoms with van der Waals surface area (Å²) in [6, 6.07) is 10.6. The van der Waals surface area contributed by atoms with Gasteiger partial charge in [0.1, 0.15) is 11.6 Å². The first kappa shape index (κ1) is 17.8. The van der Waals surface area contributed by atoms with Crippen molar-refractivity contribution in [3.63, 3.8) is 0 Å². The monoisotopic (exact) mass is 351 g/mol. The molecule has 1 aromatic carbocycles. The molecule has 0 fully saturated rings. The largest absolute Gasteiger partial charge is 0.352 e. The quantitative estimate of drug-likeness (QED) is 0.658. The Bertz CT molecular complexity index is 883. The van der Waals surface area contributed by atoms with E-state index in [1.165, 1.54) is 12.1 Å². The minimum Gasteiger partial charge on any atom is -0.352 e. The standard InChI is InChI=1S/C20H22FN5/c1-4-14(3)23-20-25-18(15-6-5-9-22-12-15)11-19(26-20)24-17-8-7-16(21)10-13(17)2/h5-12,14H,4H2,1-3H3,(H2,23,24,25,26)/t14-/m1/s1. The minimum atomic E-state index is -0.258. The molecule has 1 atom stereocenters. The maximum absolute atomic E-state index is 13.3. The average Bonchev–Trinajstić information content (AvgIpc) is 2.64. The number of nitrogens with zero attached hydrogens (tertiary/aromatic N) is 3. The fourth-order valence-corrected chi connectivity index (χ4v) is 2.47. The summed E-state index contributed by atoms with van der Waals surface area (Å²) in [4.78, 5) is 13.3. The molecule has 2 heterocycles. The Balaban J connectivity index is 1.98. The third-order valence-corrected chi connectivity index (χ3v) is 4.12. The molecule has 6 heteroatoms. The van der Waals surface area contributed by atoms with Crippen LogP contribution in [0.2, 0.25) is 0 Å². The van der Waals surface area contributed by atoms with E-state index in [0.29, 0.717) is 11.8 Å². The van der Waals surface area contributed by atoms with E-state index in [1.54, 1.807) is 18.5 Å². The predicted octanol–water partition coefficient (Wildman–Crippen LogP) is 4.94. The van der Waals surface area contributed by atoms with Gasteiger partial charge in [0.2, 0.25) is 5.95 Å². The highest BCUT2D eigenvalue weighted by molar-refractivity contribution is 5.68. The van der Waals surface area contributed by atoms with Crippen LogP contribution < -0.4 is 10.6 Å². The second-order valence-corrected chi connectivity index (χ2v) is 6.24. The minimum absolute atomic E-state index is 0.250. The van der Waals surface area contributed by atoms with Crippen molar-refractivity contribution in [2.45, 2.75) is 33.2 Å². The van der Waals surface area contributed by atoms with Crippen molar-refractivity contribution in [3.8, 4) is 11.3 Å². The number of benzene rings is 1. The Morgan fingerprint density at radius 2 is 2.00 bits per heavy atom. The summed E-state index contributed by atoms with van der Waals surface area (Å²) in [5.74, 6) is 0.924. The van der Waals surface area contributed by atoms with E-state index in [4.69, 9.17) is 0 Å². The molecule has 2 aromatic heterocycles. The second kappa shape index (κ2) is 7.91. The SMILES string of the molecule is CC[C@@H](C)Nc1nc(Nc2ccc(F)cc2C)cc(-c2cccnc2)n1. The van der Waals surface area contributed by atoms with Gasteiger partial charge in [-0.25, -0.2) is 9.37 Å². The molecule has 0 unspecified atom stereocenters. The first-order chi connectivity index (χ1) is 12.5. The molecule has 0 amide bonds. The van der Waals surface area contributed by atoms with Gasteiger partial charge in [0, 0.05) is 35.8 Å². The van der Waals surface area contributed by atoms with Crippen LogP contribution in [0.25, 0.3) is 11.3 Å². The Kier molecular flexibility index (Phi) is 5.41. The van der Waals surface area contributed by atoms with Gasteiger partial charge < -0.3 is 10.6 Å². The van der Waals surface area contributed by atoms with Crippen LogP contribution in [0.3, 0.4) is 0 Å². The highest BCUT2D eigenvalue weighted by Crippen LogP contribution is 2.25. The Labute approximate surface area is 152 Å². The third-order valence-electron chi connectivity index (χ3n) is 4.12. The second-order valence-electron chi connectivity index (χ2n) is 6.24. The van der Waals surface area contributed by atoms with Crippen molar-refractivity contribution in [1.82, 2.24) is 15.0 Å². The number of nitrogens with one attached hydrogen (secondary N) is 2. The van der Waals surface area contributed by atoms with Crippen LogP contribution in [0.15, 0.2) is 48.8 Å². The van der Waals surface area contributed by atoms with Crippen LogP contribution in [0, 0.1) is 12.7 Å². The number of pyridine rings is 1. The van der Waals surface area contributed by atoms with E-state index in [1.807, 2.05) is 25.1 Å². The number of rotatable bonds is 6. The maximum Gasteiger partial charge on any atom is 0.225 e. The summed E-state index contributed by atoms with van der Waals surface area (Å²) in [5, 5.41) is 6.57. The number of aryl methyl sites for hydroxylation is 1. The van der Waals surface area contributed by atoms with Crippen molar-refractivity contribution < 1.29 is 4.39 Å². The zero-order chi connectivity index (χ0) is 18.5. The zero-order valence-electron chi connectivity index (χ0n) is 15.1. The summed E-state index contributed by atoms with van der Waals surface area (Å²) >= 11 is 0. The topological polar surface area (TPSA) is 62.7 Å². The van der Waals surface area contributed by atoms with Crippen LogP contribution in [-0.2, 0) is 0 Å². The molecule has 134 valence electrons. The lowest BCUT2D eigenvalue weighted by atomic mass is 10.2. The van der Waals surface area contributed by atoms with Crippen LogP contribution in [0.1, 0.15) is 25.8 Å². The van der Waals surface area contributed by atoms with Gasteiger partial charge in [-0.2, -0.15) is 4.98 Å². The molecule has 0 aliphatic carbocycles. The molecule has 0 saturated heterocycles. The molecule has 0 bridgehead atoms. The van der Waals surface area contributed by atoms with E-state index < -0.39 is 0 Å². The number of halogens is 1. The van der Waals surface area contributed by atoms with Gasteiger partial charge in [-0.3, -0.25) is 4.98 Å². The van der Waals surface area contributed by atoms with Crippen LogP contribution >= 0.6 is 0 Å². The summed E-state index contributed by atoms with van der Waals surface area (Å²) in [6.45, 7) is 6.04. The fourth-order valence-electron chi connectivity index (χ4n) is 2.47. The molecule has 0 radical (unpaired) electrons. The molecule has 0 spiro atoms. The first-order valence-electron chi connectivity index (χ1n) is 8.64. The van der Waals surface area contributed by atoms with Crippen molar-refractivity contribution in [2.75, 3.05) is 10.6 Å². The third kappa shape index (κ3) is 4.33. The van der Waals surface area contributed by atoms with Crippen LogP contribution in [-0.4, -0.2) is 21.0 Å². The summed E-state index contributed by atoms with van der Waals surface area (Å²) in [5.41, 5.74) is 3.28. The van der Waals surface area contributed by atoms with E-state index in [0.717, 1.165) is 28.9 Å². The maximum atomic E-state index is 13.3. The molecule has 0 aliphatic heterocycles. The number of anilines is 3. The molecular formula is C20H22FN5. The van der Waals surface area contributed by atoms with Crippen LogP contribution in [0.5, 0.6) is 0 Å². The number of hydrogen-bond donors (Lipinski definition) is 2. The van der Waals surface area contributed by atoms with Gasteiger partial charge in [-0.1, -0.05) is 6.92 Å². The Morgan fingerprint density at radius 3 is 2.69 bits per heavy atom. The van der Waals surface area contributed by atoms with Gasteiger partial charge >= 0.3 is 0 Å². The lowest BCUT2D eigenvalue weighted by Crippen LogP contribution is -2.16. The van der Waals surface area contributed by atoms with Gasteiger partial charge in [-0.05, 0) is 56.2 Å². The normalized spacial score (nSPS) is 11.8. The molecule has 2 N–H and O–H groups in total. The van der Waals surface area contributed by atoms with E-state index in [2.05, 4.69) is 39.4 Å². The average molecular weight is 351 g/mol. The van der Waals surface area contributed by atoms with Crippen molar-refractivity contribution in [3.05, 3.63) is 60.2 Å². The van der Waals surface area contributed by atoms with Gasteiger partial charge in [0.05, 0.1) is 5.69 Å². The molecule has 0 saturated carbocycles. The summed E-state index contributed by atoms with van der Waals surface area (Å²) in [7, 11) is 0. The molecule has 26 heavy (non-hydrogen) atoms. The van der Waals surface area contributed by atoms with Crippen molar-refractivity contribution >= 4 is 17.5 Å². The molecule has 3 rings (SSSR count). The van der Waals surface area contributed by atoms with Crippen molar-refractivity contribution in [1.29, 1.82) is 0 Å². The summed E-state index contributed by atoms with van der Waals surface area (Å²) < 4.78 is 13.3. The number of aromatic nitrogens is 3. The van der Waals surface area contributed by atoms with Gasteiger partial charge in [0.15, 0.2) is 0 Å². The number of hydrogen-bond acceptors (Lipinski definition) is 5. The lowest BCUT2D eigenvalue weighted by Gasteiger charge is -2.15. The van der Waals surface area contributed by atoms with Gasteiger partial charge in [0.25, 0.3) is 0 Å². The van der Waals surface area contributed by atoms with E-state index >= 15 is 0 Å². The summed E-state index contributed by atoms with van der Waals surface area (Å²) in [6.07, 6.45) is 4.45. The van der Waals surface area contributed by atoms with Gasteiger partial charge in [-0.15, -0.1) is 0 Å². The lowest BCUT2D eigenvalue weighted by molar-refractivity contribution is 0.627. The first-order valence-corrected chi connectivity index (χ1v) is 8.64. The van der Waals surface area contributed by atoms with Crippen molar-refractivity contribution in [2.24, 2.45) is 0 Å². The zero-order valence-corrected chi connectivity index (χ0v) is 15.1. The van der Waals surface area contributed by atoms with E-state index in [9.17, 15) is 4.39 Å².